The van der Waals surface area contributed by atoms with Crippen molar-refractivity contribution < 1.29 is 14.3 Å². The molecule has 1 aliphatic rings. The highest BCUT2D eigenvalue weighted by Gasteiger charge is 2.29. The van der Waals surface area contributed by atoms with Gasteiger partial charge in [0.1, 0.15) is 23.1 Å². The van der Waals surface area contributed by atoms with Crippen molar-refractivity contribution in [3.05, 3.63) is 81.8 Å². The average Bonchev–Trinajstić information content (AvgIpc) is 3.34. The van der Waals surface area contributed by atoms with Crippen LogP contribution in [0.4, 0.5) is 0 Å². The van der Waals surface area contributed by atoms with Crippen molar-refractivity contribution in [2.24, 2.45) is 0 Å². The Hall–Kier alpha value is -3.19. The maximum absolute atomic E-state index is 12.9. The van der Waals surface area contributed by atoms with Crippen molar-refractivity contribution in [3.8, 4) is 5.75 Å². The average molecular weight is 464 g/mol. The molecule has 33 heavy (non-hydrogen) atoms. The predicted octanol–water partition coefficient (Wildman–Crippen LogP) is 4.76. The molecule has 3 aromatic rings. The van der Waals surface area contributed by atoms with Gasteiger partial charge in [-0.15, -0.1) is 11.3 Å². The van der Waals surface area contributed by atoms with Crippen LogP contribution in [0.3, 0.4) is 0 Å². The van der Waals surface area contributed by atoms with Gasteiger partial charge in [0.2, 0.25) is 0 Å². The van der Waals surface area contributed by atoms with Gasteiger partial charge < -0.3 is 15.4 Å². The largest absolute Gasteiger partial charge is 0.486 e. The summed E-state index contributed by atoms with van der Waals surface area (Å²) in [6.45, 7) is 2.41. The lowest BCUT2D eigenvalue weighted by molar-refractivity contribution is 0.0860. The third-order valence-corrected chi connectivity index (χ3v) is 6.74. The van der Waals surface area contributed by atoms with E-state index >= 15 is 0 Å². The second-order valence-electron chi connectivity index (χ2n) is 8.22. The molecular weight excluding hydrogens is 434 g/mol. The summed E-state index contributed by atoms with van der Waals surface area (Å²) in [5, 5.41) is 8.73. The molecule has 0 aliphatic heterocycles. The number of thiazole rings is 1. The summed E-state index contributed by atoms with van der Waals surface area (Å²) in [7, 11) is 0. The van der Waals surface area contributed by atoms with Crippen molar-refractivity contribution in [1.82, 2.24) is 15.6 Å². The number of nitrogens with zero attached hydrogens (tertiary/aromatic N) is 1. The van der Waals surface area contributed by atoms with Gasteiger partial charge in [0.15, 0.2) is 0 Å². The summed E-state index contributed by atoms with van der Waals surface area (Å²) in [4.78, 5) is 30.0. The highest BCUT2D eigenvalue weighted by atomic mass is 32.1. The summed E-state index contributed by atoms with van der Waals surface area (Å²) < 4.78 is 5.72. The third kappa shape index (κ3) is 6.20. The highest BCUT2D eigenvalue weighted by molar-refractivity contribution is 7.09. The number of nitrogens with one attached hydrogen (secondary N) is 2. The van der Waals surface area contributed by atoms with Crippen molar-refractivity contribution in [2.45, 2.75) is 57.7 Å². The molecule has 4 rings (SSSR count). The van der Waals surface area contributed by atoms with Gasteiger partial charge in [0, 0.05) is 23.0 Å². The number of amides is 2. The molecule has 0 spiro atoms. The van der Waals surface area contributed by atoms with Gasteiger partial charge in [-0.2, -0.15) is 0 Å². The first-order chi connectivity index (χ1) is 16.1. The van der Waals surface area contributed by atoms with Crippen LogP contribution in [0.15, 0.2) is 60.0 Å². The minimum Gasteiger partial charge on any atom is -0.486 e. The Bertz CT molecular complexity index is 1070. The number of carbonyl (C=O) groups is 2. The van der Waals surface area contributed by atoms with Crippen molar-refractivity contribution in [1.29, 1.82) is 0 Å². The molecule has 1 saturated carbocycles. The molecule has 0 radical (unpaired) electrons. The van der Waals surface area contributed by atoms with E-state index in [1.54, 1.807) is 5.38 Å². The molecule has 0 saturated heterocycles. The van der Waals surface area contributed by atoms with Gasteiger partial charge in [-0.05, 0) is 49.1 Å². The molecule has 1 heterocycles. The minimum atomic E-state index is -0.212. The molecule has 0 unspecified atom stereocenters. The lowest BCUT2D eigenvalue weighted by Crippen LogP contribution is -2.53. The Labute approximate surface area is 198 Å². The summed E-state index contributed by atoms with van der Waals surface area (Å²) in [6.07, 6.45) is 4.67. The summed E-state index contributed by atoms with van der Waals surface area (Å²) in [6, 6.07) is 17.0. The fourth-order valence-electron chi connectivity index (χ4n) is 4.01. The van der Waals surface area contributed by atoms with Crippen LogP contribution >= 0.6 is 11.3 Å². The van der Waals surface area contributed by atoms with Gasteiger partial charge in [-0.3, -0.25) is 9.59 Å². The van der Waals surface area contributed by atoms with Gasteiger partial charge in [-0.1, -0.05) is 50.1 Å². The van der Waals surface area contributed by atoms with Crippen LogP contribution in [-0.2, 0) is 13.0 Å². The molecule has 2 N–H and O–H groups in total. The van der Waals surface area contributed by atoms with E-state index in [4.69, 9.17) is 4.74 Å². The Kier molecular flexibility index (Phi) is 7.73. The van der Waals surface area contributed by atoms with E-state index in [0.717, 1.165) is 42.9 Å². The Morgan fingerprint density at radius 2 is 1.64 bits per heavy atom. The number of ether oxygens (including phenoxy) is 1. The van der Waals surface area contributed by atoms with Crippen LogP contribution in [0.25, 0.3) is 0 Å². The van der Waals surface area contributed by atoms with E-state index in [9.17, 15) is 9.59 Å². The second-order valence-corrected chi connectivity index (χ2v) is 9.17. The molecular formula is C26H29N3O3S. The third-order valence-electron chi connectivity index (χ3n) is 5.91. The number of rotatable bonds is 8. The van der Waals surface area contributed by atoms with E-state index in [0.29, 0.717) is 17.9 Å². The molecule has 1 fully saturated rings. The van der Waals surface area contributed by atoms with Crippen LogP contribution in [0.2, 0.25) is 0 Å². The molecule has 0 bridgehead atoms. The number of carbonyl (C=O) groups excluding carboxylic acids is 2. The highest BCUT2D eigenvalue weighted by Crippen LogP contribution is 2.21. The number of benzene rings is 2. The SMILES string of the molecule is CCc1ccc(C(=O)N[C@@H]2CCCC[C@H]2NC(=O)c2csc(COc3ccccc3)n2)cc1. The summed E-state index contributed by atoms with van der Waals surface area (Å²) >= 11 is 1.40. The van der Waals surface area contributed by atoms with E-state index in [2.05, 4.69) is 22.5 Å². The number of hydrogen-bond acceptors (Lipinski definition) is 5. The van der Waals surface area contributed by atoms with Gasteiger partial charge >= 0.3 is 0 Å². The monoisotopic (exact) mass is 463 g/mol. The van der Waals surface area contributed by atoms with Crippen LogP contribution in [0.5, 0.6) is 5.75 Å². The molecule has 2 aromatic carbocycles. The Morgan fingerprint density at radius 1 is 0.970 bits per heavy atom. The lowest BCUT2D eigenvalue weighted by Gasteiger charge is -2.32. The standard InChI is InChI=1S/C26H29N3O3S/c1-2-18-12-14-19(15-13-18)25(30)28-21-10-6-7-11-22(21)29-26(31)23-17-33-24(27-23)16-32-20-8-4-3-5-9-20/h3-5,8-9,12-15,17,21-22H,2,6-7,10-11,16H2,1H3,(H,28,30)(H,29,31)/t21-,22-/m1/s1. The van der Waals surface area contributed by atoms with Crippen molar-refractivity contribution in [2.75, 3.05) is 0 Å². The van der Waals surface area contributed by atoms with Crippen LogP contribution in [0.1, 0.15) is 64.0 Å². The number of para-hydroxylation sites is 1. The Morgan fingerprint density at radius 3 is 2.30 bits per heavy atom. The number of aromatic nitrogens is 1. The second kappa shape index (κ2) is 11.1. The smallest absolute Gasteiger partial charge is 0.271 e. The lowest BCUT2D eigenvalue weighted by atomic mass is 9.90. The fourth-order valence-corrected chi connectivity index (χ4v) is 4.69. The quantitative estimate of drug-likeness (QED) is 0.505. The molecule has 7 heteroatoms. The van der Waals surface area contributed by atoms with E-state index < -0.39 is 0 Å². The van der Waals surface area contributed by atoms with E-state index in [-0.39, 0.29) is 23.9 Å². The first kappa shape index (κ1) is 23.0. The van der Waals surface area contributed by atoms with Crippen LogP contribution in [0, 0.1) is 0 Å². The van der Waals surface area contributed by atoms with Gasteiger partial charge in [0.05, 0.1) is 0 Å². The normalized spacial score (nSPS) is 17.8. The molecule has 1 aromatic heterocycles. The van der Waals surface area contributed by atoms with Crippen molar-refractivity contribution >= 4 is 23.2 Å². The first-order valence-corrected chi connectivity index (χ1v) is 12.3. The van der Waals surface area contributed by atoms with Crippen LogP contribution in [-0.4, -0.2) is 28.9 Å². The Balaban J connectivity index is 1.34. The molecule has 6 nitrogen and oxygen atoms in total. The van der Waals surface area contributed by atoms with E-state index in [1.807, 2.05) is 54.6 Å². The topological polar surface area (TPSA) is 80.3 Å². The summed E-state index contributed by atoms with van der Waals surface area (Å²) in [5.41, 5.74) is 2.23. The molecule has 2 amide bonds. The zero-order valence-corrected chi connectivity index (χ0v) is 19.6. The minimum absolute atomic E-state index is 0.0967. The zero-order valence-electron chi connectivity index (χ0n) is 18.8. The first-order valence-electron chi connectivity index (χ1n) is 11.5. The van der Waals surface area contributed by atoms with Gasteiger partial charge in [0.25, 0.3) is 11.8 Å². The zero-order chi connectivity index (χ0) is 23.0. The fraction of sp³-hybridized carbons (Fsp3) is 0.346. The molecule has 1 aliphatic carbocycles. The maximum Gasteiger partial charge on any atom is 0.271 e. The van der Waals surface area contributed by atoms with Crippen LogP contribution < -0.4 is 15.4 Å². The number of aryl methyl sites for hydroxylation is 1. The summed E-state index contributed by atoms with van der Waals surface area (Å²) in [5.74, 6) is 0.456. The van der Waals surface area contributed by atoms with E-state index in [1.165, 1.54) is 16.9 Å². The van der Waals surface area contributed by atoms with Gasteiger partial charge in [-0.25, -0.2) is 4.98 Å². The number of hydrogen-bond donors (Lipinski definition) is 2. The van der Waals surface area contributed by atoms with Crippen molar-refractivity contribution in [3.63, 3.8) is 0 Å². The predicted molar refractivity (Wildman–Crippen MR) is 130 cm³/mol. The molecule has 2 atom stereocenters. The maximum atomic E-state index is 12.9. The molecule has 172 valence electrons.